The number of hydrogen-bond acceptors (Lipinski definition) is 3. The Labute approximate surface area is 66.8 Å². The normalized spacial score (nSPS) is 25.6. The van der Waals surface area contributed by atoms with Gasteiger partial charge in [0.15, 0.2) is 0 Å². The second kappa shape index (κ2) is 3.53. The molecule has 0 aromatic heterocycles. The highest BCUT2D eigenvalue weighted by Crippen LogP contribution is 2.02. The maximum atomic E-state index is 9.18. The van der Waals surface area contributed by atoms with E-state index in [2.05, 4.69) is 16.9 Å². The zero-order valence-electron chi connectivity index (χ0n) is 6.75. The topological polar surface area (TPSA) is 44.6 Å². The number of rotatable bonds is 3. The van der Waals surface area contributed by atoms with Gasteiger partial charge in [0.05, 0.1) is 18.7 Å². The Balaban J connectivity index is 2.36. The fraction of sp³-hybridized carbons (Fsp3) is 0.625. The smallest absolute Gasteiger partial charge is 0.101 e. The number of hydrogen-bond donors (Lipinski definition) is 2. The Bertz CT molecular complexity index is 175. The lowest BCUT2D eigenvalue weighted by Crippen LogP contribution is -2.38. The molecule has 1 heterocycles. The van der Waals surface area contributed by atoms with Gasteiger partial charge in [-0.3, -0.25) is 4.99 Å². The van der Waals surface area contributed by atoms with Crippen molar-refractivity contribution in [1.29, 1.82) is 0 Å². The van der Waals surface area contributed by atoms with Crippen molar-refractivity contribution in [2.45, 2.75) is 25.5 Å². The van der Waals surface area contributed by atoms with Crippen LogP contribution < -0.4 is 5.32 Å². The standard InChI is InChI=1S/C8H14N2O/c1-3-4-8-9-5-7(10-8)6(2)11/h3,6-7,11H,1,4-5H2,2H3,(H,9,10). The van der Waals surface area contributed by atoms with Crippen molar-refractivity contribution in [3.05, 3.63) is 12.7 Å². The second-order valence-corrected chi connectivity index (χ2v) is 2.77. The molecule has 2 N–H and O–H groups in total. The molecule has 3 nitrogen and oxygen atoms in total. The molecule has 0 bridgehead atoms. The van der Waals surface area contributed by atoms with Crippen LogP contribution in [0.2, 0.25) is 0 Å². The second-order valence-electron chi connectivity index (χ2n) is 2.77. The molecule has 1 aliphatic rings. The van der Waals surface area contributed by atoms with E-state index in [-0.39, 0.29) is 12.1 Å². The van der Waals surface area contributed by atoms with E-state index >= 15 is 0 Å². The molecule has 0 fully saturated rings. The zero-order valence-corrected chi connectivity index (χ0v) is 6.75. The highest BCUT2D eigenvalue weighted by molar-refractivity contribution is 5.85. The summed E-state index contributed by atoms with van der Waals surface area (Å²) in [7, 11) is 0. The highest BCUT2D eigenvalue weighted by Gasteiger charge is 2.20. The van der Waals surface area contributed by atoms with Gasteiger partial charge < -0.3 is 10.4 Å². The summed E-state index contributed by atoms with van der Waals surface area (Å²) in [6, 6.07) is 0.102. The van der Waals surface area contributed by atoms with Gasteiger partial charge >= 0.3 is 0 Å². The molecule has 2 atom stereocenters. The van der Waals surface area contributed by atoms with Crippen LogP contribution in [0.1, 0.15) is 13.3 Å². The summed E-state index contributed by atoms with van der Waals surface area (Å²) in [6.07, 6.45) is 2.24. The molecular formula is C8H14N2O. The Kier molecular flexibility index (Phi) is 2.65. The van der Waals surface area contributed by atoms with Gasteiger partial charge in [-0.25, -0.2) is 0 Å². The Morgan fingerprint density at radius 1 is 2.00 bits per heavy atom. The first kappa shape index (κ1) is 8.27. The van der Waals surface area contributed by atoms with Gasteiger partial charge in [0.1, 0.15) is 5.84 Å². The SMILES string of the molecule is C=CCC1=NCC(C(C)O)N1. The fourth-order valence-electron chi connectivity index (χ4n) is 1.05. The van der Waals surface area contributed by atoms with Crippen LogP contribution in [-0.4, -0.2) is 29.6 Å². The largest absolute Gasteiger partial charge is 0.391 e. The van der Waals surface area contributed by atoms with Gasteiger partial charge in [-0.05, 0) is 6.92 Å². The molecule has 0 radical (unpaired) electrons. The Morgan fingerprint density at radius 3 is 3.18 bits per heavy atom. The molecular weight excluding hydrogens is 140 g/mol. The molecule has 2 unspecified atom stereocenters. The van der Waals surface area contributed by atoms with Crippen molar-refractivity contribution in [3.8, 4) is 0 Å². The van der Waals surface area contributed by atoms with Gasteiger partial charge in [-0.1, -0.05) is 6.08 Å². The molecule has 0 saturated carbocycles. The van der Waals surface area contributed by atoms with Gasteiger partial charge in [0.2, 0.25) is 0 Å². The lowest BCUT2D eigenvalue weighted by atomic mass is 10.2. The fourth-order valence-corrected chi connectivity index (χ4v) is 1.05. The van der Waals surface area contributed by atoms with Crippen molar-refractivity contribution in [1.82, 2.24) is 5.32 Å². The minimum Gasteiger partial charge on any atom is -0.391 e. The first-order valence-corrected chi connectivity index (χ1v) is 3.83. The van der Waals surface area contributed by atoms with Gasteiger partial charge in [-0.2, -0.15) is 0 Å². The molecule has 11 heavy (non-hydrogen) atoms. The zero-order chi connectivity index (χ0) is 8.27. The maximum Gasteiger partial charge on any atom is 0.101 e. The van der Waals surface area contributed by atoms with Gasteiger partial charge in [0.25, 0.3) is 0 Å². The predicted octanol–water partition coefficient (Wildman–Crippen LogP) is 0.314. The lowest BCUT2D eigenvalue weighted by molar-refractivity contribution is 0.161. The van der Waals surface area contributed by atoms with E-state index in [1.807, 2.05) is 0 Å². The molecule has 0 spiro atoms. The summed E-state index contributed by atoms with van der Waals surface area (Å²) in [5.74, 6) is 0.936. The third-order valence-corrected chi connectivity index (χ3v) is 1.75. The van der Waals surface area contributed by atoms with E-state index < -0.39 is 0 Å². The van der Waals surface area contributed by atoms with E-state index in [9.17, 15) is 5.11 Å². The van der Waals surface area contributed by atoms with Crippen molar-refractivity contribution < 1.29 is 5.11 Å². The number of aliphatic imine (C=N–C) groups is 1. The third-order valence-electron chi connectivity index (χ3n) is 1.75. The highest BCUT2D eigenvalue weighted by atomic mass is 16.3. The van der Waals surface area contributed by atoms with Crippen LogP contribution in [0.25, 0.3) is 0 Å². The molecule has 0 amide bonds. The molecule has 0 aromatic rings. The minimum atomic E-state index is -0.332. The van der Waals surface area contributed by atoms with Gasteiger partial charge in [-0.15, -0.1) is 6.58 Å². The van der Waals surface area contributed by atoms with E-state index in [4.69, 9.17) is 0 Å². The van der Waals surface area contributed by atoms with Crippen molar-refractivity contribution in [3.63, 3.8) is 0 Å². The quantitative estimate of drug-likeness (QED) is 0.575. The summed E-state index contributed by atoms with van der Waals surface area (Å²) in [5, 5.41) is 12.3. The van der Waals surface area contributed by atoms with Crippen molar-refractivity contribution in [2.24, 2.45) is 4.99 Å². The van der Waals surface area contributed by atoms with Crippen LogP contribution in [0.5, 0.6) is 0 Å². The Hall–Kier alpha value is -0.830. The lowest BCUT2D eigenvalue weighted by Gasteiger charge is -2.13. The van der Waals surface area contributed by atoms with Gasteiger partial charge in [0, 0.05) is 6.42 Å². The van der Waals surface area contributed by atoms with E-state index in [1.54, 1.807) is 13.0 Å². The molecule has 1 rings (SSSR count). The third kappa shape index (κ3) is 2.05. The molecule has 0 aromatic carbocycles. The van der Waals surface area contributed by atoms with E-state index in [0.29, 0.717) is 6.54 Å². The maximum absolute atomic E-state index is 9.18. The molecule has 0 saturated heterocycles. The summed E-state index contributed by atoms with van der Waals surface area (Å²) < 4.78 is 0. The first-order valence-electron chi connectivity index (χ1n) is 3.83. The molecule has 1 aliphatic heterocycles. The van der Waals surface area contributed by atoms with E-state index in [0.717, 1.165) is 12.3 Å². The van der Waals surface area contributed by atoms with Crippen molar-refractivity contribution in [2.75, 3.05) is 6.54 Å². The van der Waals surface area contributed by atoms with E-state index in [1.165, 1.54) is 0 Å². The van der Waals surface area contributed by atoms with Crippen LogP contribution in [0, 0.1) is 0 Å². The van der Waals surface area contributed by atoms with Crippen molar-refractivity contribution >= 4 is 5.84 Å². The number of amidine groups is 1. The van der Waals surface area contributed by atoms with Crippen LogP contribution >= 0.6 is 0 Å². The van der Waals surface area contributed by atoms with Crippen LogP contribution in [0.4, 0.5) is 0 Å². The predicted molar refractivity (Wildman–Crippen MR) is 45.7 cm³/mol. The molecule has 62 valence electrons. The summed E-state index contributed by atoms with van der Waals surface area (Å²) in [5.41, 5.74) is 0. The number of nitrogens with zero attached hydrogens (tertiary/aromatic N) is 1. The van der Waals surface area contributed by atoms with Crippen LogP contribution in [0.15, 0.2) is 17.6 Å². The van der Waals surface area contributed by atoms with Crippen LogP contribution in [-0.2, 0) is 0 Å². The number of aliphatic hydroxyl groups is 1. The average Bonchev–Trinajstić information content (AvgIpc) is 2.37. The average molecular weight is 154 g/mol. The first-order chi connectivity index (χ1) is 5.24. The molecule has 0 aliphatic carbocycles. The number of aliphatic hydroxyl groups excluding tert-OH is 1. The summed E-state index contributed by atoms with van der Waals surface area (Å²) in [6.45, 7) is 6.06. The number of nitrogens with one attached hydrogen (secondary N) is 1. The Morgan fingerprint density at radius 2 is 2.73 bits per heavy atom. The minimum absolute atomic E-state index is 0.102. The molecule has 3 heteroatoms. The monoisotopic (exact) mass is 154 g/mol. The summed E-state index contributed by atoms with van der Waals surface area (Å²) >= 11 is 0. The van der Waals surface area contributed by atoms with Crippen LogP contribution in [0.3, 0.4) is 0 Å². The summed E-state index contributed by atoms with van der Waals surface area (Å²) in [4.78, 5) is 4.20.